The van der Waals surface area contributed by atoms with E-state index in [-0.39, 0.29) is 11.8 Å². The van der Waals surface area contributed by atoms with Crippen LogP contribution < -0.4 is 10.6 Å². The van der Waals surface area contributed by atoms with Crippen molar-refractivity contribution in [2.24, 2.45) is 5.92 Å². The lowest BCUT2D eigenvalue weighted by molar-refractivity contribution is -0.114. The minimum atomic E-state index is -0.114. The van der Waals surface area contributed by atoms with E-state index in [1.54, 1.807) is 25.1 Å². The highest BCUT2D eigenvalue weighted by Gasteiger charge is 2.23. The number of amides is 2. The van der Waals surface area contributed by atoms with E-state index in [9.17, 15) is 9.59 Å². The van der Waals surface area contributed by atoms with Gasteiger partial charge in [-0.2, -0.15) is 0 Å². The molecule has 1 saturated heterocycles. The van der Waals surface area contributed by atoms with E-state index in [0.29, 0.717) is 23.3 Å². The van der Waals surface area contributed by atoms with Crippen LogP contribution in [0.4, 0.5) is 17.2 Å². The number of benzene rings is 1. The molecule has 1 aliphatic heterocycles. The Kier molecular flexibility index (Phi) is 5.69. The Morgan fingerprint density at radius 3 is 2.33 bits per heavy atom. The average Bonchev–Trinajstić information content (AvgIpc) is 2.62. The number of hydrogen-bond donors (Lipinski definition) is 2. The maximum absolute atomic E-state index is 12.8. The second-order valence-electron chi connectivity index (χ2n) is 7.04. The summed E-state index contributed by atoms with van der Waals surface area (Å²) < 4.78 is 0. The molecular formula is C20H25N5O2. The van der Waals surface area contributed by atoms with Gasteiger partial charge in [-0.1, -0.05) is 6.92 Å². The third kappa shape index (κ3) is 5.03. The molecule has 2 N–H and O–H groups in total. The number of aromatic nitrogens is 2. The van der Waals surface area contributed by atoms with Crippen LogP contribution >= 0.6 is 0 Å². The van der Waals surface area contributed by atoms with Crippen molar-refractivity contribution in [3.8, 4) is 0 Å². The van der Waals surface area contributed by atoms with Gasteiger partial charge in [-0.05, 0) is 49.9 Å². The van der Waals surface area contributed by atoms with Crippen molar-refractivity contribution >= 4 is 29.0 Å². The van der Waals surface area contributed by atoms with Crippen LogP contribution in [0.1, 0.15) is 43.0 Å². The minimum absolute atomic E-state index is 0.0449. The zero-order chi connectivity index (χ0) is 19.4. The van der Waals surface area contributed by atoms with Crippen LogP contribution in [0.3, 0.4) is 0 Å². The van der Waals surface area contributed by atoms with E-state index in [1.165, 1.54) is 6.92 Å². The normalized spacial score (nSPS) is 14.7. The number of piperidine rings is 1. The number of anilines is 3. The number of carbonyl (C=O) groups excluding carboxylic acids is 2. The Balaban J connectivity index is 1.73. The second kappa shape index (κ2) is 8.16. The van der Waals surface area contributed by atoms with Gasteiger partial charge in [0.2, 0.25) is 5.91 Å². The predicted molar refractivity (Wildman–Crippen MR) is 105 cm³/mol. The summed E-state index contributed by atoms with van der Waals surface area (Å²) in [6, 6.07) is 8.99. The lowest BCUT2D eigenvalue weighted by atomic mass is 9.99. The van der Waals surface area contributed by atoms with E-state index in [4.69, 9.17) is 0 Å². The molecule has 1 aliphatic rings. The van der Waals surface area contributed by atoms with Crippen molar-refractivity contribution < 1.29 is 9.59 Å². The second-order valence-corrected chi connectivity index (χ2v) is 7.04. The monoisotopic (exact) mass is 367 g/mol. The smallest absolute Gasteiger partial charge is 0.272 e. The quantitative estimate of drug-likeness (QED) is 0.865. The van der Waals surface area contributed by atoms with Crippen LogP contribution in [0.2, 0.25) is 0 Å². The highest BCUT2D eigenvalue weighted by Crippen LogP contribution is 2.21. The van der Waals surface area contributed by atoms with E-state index < -0.39 is 0 Å². The van der Waals surface area contributed by atoms with Crippen LogP contribution in [-0.4, -0.2) is 39.8 Å². The topological polar surface area (TPSA) is 87.2 Å². The summed E-state index contributed by atoms with van der Waals surface area (Å²) in [5.41, 5.74) is 1.95. The van der Waals surface area contributed by atoms with E-state index >= 15 is 0 Å². The Hall–Kier alpha value is -2.96. The molecule has 7 nitrogen and oxygen atoms in total. The Morgan fingerprint density at radius 1 is 1.07 bits per heavy atom. The molecule has 2 aromatic rings. The summed E-state index contributed by atoms with van der Waals surface area (Å²) in [6.07, 6.45) is 2.06. The number of carbonyl (C=O) groups is 2. The molecule has 3 rings (SSSR count). The molecule has 0 bridgehead atoms. The summed E-state index contributed by atoms with van der Waals surface area (Å²) in [4.78, 5) is 34.4. The first-order valence-corrected chi connectivity index (χ1v) is 9.20. The summed E-state index contributed by atoms with van der Waals surface area (Å²) >= 11 is 0. The minimum Gasteiger partial charge on any atom is -0.340 e. The molecule has 2 heterocycles. The third-order valence-electron chi connectivity index (χ3n) is 4.61. The van der Waals surface area contributed by atoms with E-state index in [2.05, 4.69) is 27.5 Å². The third-order valence-corrected chi connectivity index (χ3v) is 4.61. The number of nitrogens with one attached hydrogen (secondary N) is 2. The van der Waals surface area contributed by atoms with Gasteiger partial charge in [-0.25, -0.2) is 9.97 Å². The van der Waals surface area contributed by atoms with Crippen LogP contribution in [0.5, 0.6) is 0 Å². The molecule has 0 aliphatic carbocycles. The number of likely N-dealkylation sites (tertiary alicyclic amines) is 1. The fourth-order valence-electron chi connectivity index (χ4n) is 3.10. The SMILES string of the molecule is CC(=O)Nc1ccc(Nc2cc(C(=O)N3CCC(C)CC3)nc(C)n2)cc1. The molecule has 0 unspecified atom stereocenters. The fourth-order valence-corrected chi connectivity index (χ4v) is 3.10. The van der Waals surface area contributed by atoms with Crippen LogP contribution in [-0.2, 0) is 4.79 Å². The zero-order valence-electron chi connectivity index (χ0n) is 16.0. The van der Waals surface area contributed by atoms with Gasteiger partial charge in [-0.15, -0.1) is 0 Å². The summed E-state index contributed by atoms with van der Waals surface area (Å²) in [6.45, 7) is 7.01. The Labute approximate surface area is 159 Å². The van der Waals surface area contributed by atoms with Crippen LogP contribution in [0, 0.1) is 12.8 Å². The molecule has 1 fully saturated rings. The zero-order valence-corrected chi connectivity index (χ0v) is 16.0. The lowest BCUT2D eigenvalue weighted by Crippen LogP contribution is -2.38. The molecule has 0 atom stereocenters. The van der Waals surface area contributed by atoms with Crippen LogP contribution in [0.15, 0.2) is 30.3 Å². The largest absolute Gasteiger partial charge is 0.340 e. The number of hydrogen-bond acceptors (Lipinski definition) is 5. The molecular weight excluding hydrogens is 342 g/mol. The Morgan fingerprint density at radius 2 is 1.70 bits per heavy atom. The molecule has 0 radical (unpaired) electrons. The number of nitrogens with zero attached hydrogens (tertiary/aromatic N) is 3. The highest BCUT2D eigenvalue weighted by molar-refractivity contribution is 5.93. The summed E-state index contributed by atoms with van der Waals surface area (Å²) in [5, 5.41) is 5.92. The van der Waals surface area contributed by atoms with Crippen molar-refractivity contribution in [2.75, 3.05) is 23.7 Å². The molecule has 1 aromatic carbocycles. The maximum Gasteiger partial charge on any atom is 0.272 e. The van der Waals surface area contributed by atoms with Crippen molar-refractivity contribution in [3.63, 3.8) is 0 Å². The lowest BCUT2D eigenvalue weighted by Gasteiger charge is -2.30. The van der Waals surface area contributed by atoms with Gasteiger partial charge in [0.05, 0.1) is 0 Å². The Bertz CT molecular complexity index is 827. The van der Waals surface area contributed by atoms with Crippen molar-refractivity contribution in [2.45, 2.75) is 33.6 Å². The number of aryl methyl sites for hydroxylation is 1. The first kappa shape index (κ1) is 18.8. The summed E-state index contributed by atoms with van der Waals surface area (Å²) in [7, 11) is 0. The summed E-state index contributed by atoms with van der Waals surface area (Å²) in [5.74, 6) is 1.62. The van der Waals surface area contributed by atoms with Crippen molar-refractivity contribution in [1.82, 2.24) is 14.9 Å². The van der Waals surface area contributed by atoms with Crippen LogP contribution in [0.25, 0.3) is 0 Å². The molecule has 27 heavy (non-hydrogen) atoms. The van der Waals surface area contributed by atoms with E-state index in [0.717, 1.165) is 37.3 Å². The van der Waals surface area contributed by atoms with Crippen molar-refractivity contribution in [3.05, 3.63) is 41.9 Å². The van der Waals surface area contributed by atoms with Gasteiger partial charge in [0, 0.05) is 37.5 Å². The van der Waals surface area contributed by atoms with Crippen molar-refractivity contribution in [1.29, 1.82) is 0 Å². The van der Waals surface area contributed by atoms with Gasteiger partial charge >= 0.3 is 0 Å². The molecule has 1 aromatic heterocycles. The molecule has 7 heteroatoms. The maximum atomic E-state index is 12.8. The predicted octanol–water partition coefficient (Wildman–Crippen LogP) is 3.36. The highest BCUT2D eigenvalue weighted by atomic mass is 16.2. The first-order valence-electron chi connectivity index (χ1n) is 9.20. The average molecular weight is 367 g/mol. The van der Waals surface area contributed by atoms with Gasteiger partial charge < -0.3 is 15.5 Å². The molecule has 142 valence electrons. The first-order chi connectivity index (χ1) is 12.9. The van der Waals surface area contributed by atoms with Gasteiger partial charge in [-0.3, -0.25) is 9.59 Å². The van der Waals surface area contributed by atoms with Gasteiger partial charge in [0.25, 0.3) is 5.91 Å². The standard InChI is InChI=1S/C20H25N5O2/c1-13-8-10-25(11-9-13)20(27)18-12-19(22-14(2)21-18)24-17-6-4-16(5-7-17)23-15(3)26/h4-7,12-13H,8-11H2,1-3H3,(H,23,26)(H,21,22,24). The van der Waals surface area contributed by atoms with Gasteiger partial charge in [0.15, 0.2) is 0 Å². The molecule has 2 amide bonds. The molecule has 0 saturated carbocycles. The van der Waals surface area contributed by atoms with E-state index in [1.807, 2.05) is 17.0 Å². The fraction of sp³-hybridized carbons (Fsp3) is 0.400. The number of rotatable bonds is 4. The molecule has 0 spiro atoms. The van der Waals surface area contributed by atoms with Gasteiger partial charge in [0.1, 0.15) is 17.3 Å².